The van der Waals surface area contributed by atoms with Gasteiger partial charge in [0.1, 0.15) is 5.69 Å². The van der Waals surface area contributed by atoms with E-state index in [9.17, 15) is 5.11 Å². The molecule has 0 radical (unpaired) electrons. The lowest BCUT2D eigenvalue weighted by molar-refractivity contribution is 0.196. The van der Waals surface area contributed by atoms with E-state index in [0.717, 1.165) is 43.9 Å². The second-order valence-corrected chi connectivity index (χ2v) is 9.02. The number of nitrogen functional groups attached to an aromatic ring is 1. The molecule has 2 aliphatic rings. The zero-order valence-electron chi connectivity index (χ0n) is 16.6. The normalized spacial score (nSPS) is 20.4. The molecule has 0 amide bonds. The molecule has 2 aromatic rings. The fourth-order valence-corrected chi connectivity index (χ4v) is 5.28. The van der Waals surface area contributed by atoms with E-state index in [1.54, 1.807) is 12.1 Å². The molecule has 2 heterocycles. The number of aromatic nitrogens is 2. The van der Waals surface area contributed by atoms with Gasteiger partial charge in [0.25, 0.3) is 0 Å². The third-order valence-corrected chi connectivity index (χ3v) is 7.57. The number of piperidine rings is 1. The molecule has 0 bridgehead atoms. The van der Waals surface area contributed by atoms with Crippen molar-refractivity contribution in [2.45, 2.75) is 59.1 Å². The van der Waals surface area contributed by atoms with E-state index in [2.05, 4.69) is 4.90 Å². The summed E-state index contributed by atoms with van der Waals surface area (Å²) in [6, 6.07) is 3.79. The summed E-state index contributed by atoms with van der Waals surface area (Å²) in [5, 5.41) is 10.6. The summed E-state index contributed by atoms with van der Waals surface area (Å²) in [6.45, 7) is 3.45. The van der Waals surface area contributed by atoms with Crippen molar-refractivity contribution >= 4 is 34.7 Å². The molecule has 5 N–H and O–H groups in total. The first-order valence-electron chi connectivity index (χ1n) is 10.1. The Morgan fingerprint density at radius 2 is 1.87 bits per heavy atom. The fraction of sp³-hybridized carbons (Fsp3) is 0.545. The van der Waals surface area contributed by atoms with E-state index in [0.29, 0.717) is 38.7 Å². The first-order chi connectivity index (χ1) is 13.9. The molecule has 1 saturated carbocycles. The number of rotatable bonds is 3. The molecule has 30 heavy (non-hydrogen) atoms. The first-order valence-corrected chi connectivity index (χ1v) is 10.8. The molecule has 1 atom stereocenters. The SMILES string of the molecule is C.Cc1nc(N2CCC3(CCC[C@H]3N)CC2)c(CO)nc1-c1ccc(N)c(Cl)c1Cl. The second-order valence-electron chi connectivity index (χ2n) is 8.26. The summed E-state index contributed by atoms with van der Waals surface area (Å²) < 4.78 is 0. The number of halogens is 2. The Hall–Kier alpha value is -1.60. The molecular weight excluding hydrogens is 421 g/mol. The Labute approximate surface area is 188 Å². The van der Waals surface area contributed by atoms with E-state index < -0.39 is 0 Å². The topological polar surface area (TPSA) is 101 Å². The van der Waals surface area contributed by atoms with Gasteiger partial charge >= 0.3 is 0 Å². The van der Waals surface area contributed by atoms with Crippen LogP contribution in [0.25, 0.3) is 11.3 Å². The van der Waals surface area contributed by atoms with Crippen LogP contribution in [0.3, 0.4) is 0 Å². The number of aliphatic hydroxyl groups is 1. The van der Waals surface area contributed by atoms with Gasteiger partial charge in [-0.1, -0.05) is 37.0 Å². The number of aryl methyl sites for hydroxylation is 1. The Morgan fingerprint density at radius 1 is 1.17 bits per heavy atom. The van der Waals surface area contributed by atoms with Gasteiger partial charge in [-0.15, -0.1) is 0 Å². The summed E-state index contributed by atoms with van der Waals surface area (Å²) in [6.07, 6.45) is 5.68. The first kappa shape index (κ1) is 23.1. The summed E-state index contributed by atoms with van der Waals surface area (Å²) in [4.78, 5) is 11.7. The zero-order valence-corrected chi connectivity index (χ0v) is 18.1. The van der Waals surface area contributed by atoms with Crippen LogP contribution in [-0.2, 0) is 6.61 Å². The zero-order chi connectivity index (χ0) is 20.8. The third-order valence-electron chi connectivity index (χ3n) is 6.67. The van der Waals surface area contributed by atoms with E-state index in [4.69, 9.17) is 44.6 Å². The predicted octanol–water partition coefficient (Wildman–Crippen LogP) is 4.57. The highest BCUT2D eigenvalue weighted by Gasteiger charge is 2.43. The van der Waals surface area contributed by atoms with Crippen molar-refractivity contribution in [1.82, 2.24) is 9.97 Å². The van der Waals surface area contributed by atoms with Crippen LogP contribution in [0.4, 0.5) is 11.5 Å². The van der Waals surface area contributed by atoms with Gasteiger partial charge in [0, 0.05) is 24.7 Å². The quantitative estimate of drug-likeness (QED) is 0.590. The van der Waals surface area contributed by atoms with Crippen molar-refractivity contribution in [2.75, 3.05) is 23.7 Å². The van der Waals surface area contributed by atoms with Gasteiger partial charge in [-0.3, -0.25) is 0 Å². The Bertz CT molecular complexity index is 928. The number of anilines is 2. The van der Waals surface area contributed by atoms with Gasteiger partial charge in [-0.05, 0) is 50.2 Å². The minimum atomic E-state index is -0.197. The molecule has 1 aromatic heterocycles. The summed E-state index contributed by atoms with van der Waals surface area (Å²) in [5.74, 6) is 0.743. The fourth-order valence-electron chi connectivity index (χ4n) is 4.85. The molecule has 0 unspecified atom stereocenters. The Kier molecular flexibility index (Phi) is 6.82. The molecule has 1 aromatic carbocycles. The van der Waals surface area contributed by atoms with Crippen LogP contribution < -0.4 is 16.4 Å². The average molecular weight is 452 g/mol. The number of hydrogen-bond acceptors (Lipinski definition) is 6. The van der Waals surface area contributed by atoms with E-state index >= 15 is 0 Å². The molecule has 4 rings (SSSR count). The maximum absolute atomic E-state index is 10.00. The Morgan fingerprint density at radius 3 is 2.47 bits per heavy atom. The standard InChI is InChI=1S/C21H27Cl2N5O.CH4/c1-12-19(13-4-5-14(24)18(23)17(13)22)27-15(11-29)20(26-12)28-9-7-21(8-10-28)6-2-3-16(21)25;/h4-5,16,29H,2-3,6-11,24-25H2,1H3;1H4/t16-;/m1./s1. The van der Waals surface area contributed by atoms with Crippen LogP contribution in [-0.4, -0.2) is 34.2 Å². The van der Waals surface area contributed by atoms with Gasteiger partial charge < -0.3 is 21.5 Å². The van der Waals surface area contributed by atoms with E-state index in [1.807, 2.05) is 6.92 Å². The minimum Gasteiger partial charge on any atom is -0.397 e. The highest BCUT2D eigenvalue weighted by molar-refractivity contribution is 6.45. The van der Waals surface area contributed by atoms with Crippen molar-refractivity contribution in [3.8, 4) is 11.3 Å². The van der Waals surface area contributed by atoms with Gasteiger partial charge in [-0.2, -0.15) is 0 Å². The maximum Gasteiger partial charge on any atom is 0.153 e. The highest BCUT2D eigenvalue weighted by Crippen LogP contribution is 2.46. The number of aliphatic hydroxyl groups excluding tert-OH is 1. The number of nitrogens with zero attached hydrogens (tertiary/aromatic N) is 3. The number of benzene rings is 1. The highest BCUT2D eigenvalue weighted by atomic mass is 35.5. The van der Waals surface area contributed by atoms with Crippen molar-refractivity contribution in [2.24, 2.45) is 11.1 Å². The van der Waals surface area contributed by atoms with Crippen molar-refractivity contribution in [3.05, 3.63) is 33.6 Å². The summed E-state index contributed by atoms with van der Waals surface area (Å²) in [7, 11) is 0. The Balaban J connectivity index is 0.00000256. The van der Waals surface area contributed by atoms with Crippen LogP contribution >= 0.6 is 23.2 Å². The summed E-state index contributed by atoms with van der Waals surface area (Å²) >= 11 is 12.6. The van der Waals surface area contributed by atoms with Crippen LogP contribution in [0.15, 0.2) is 12.1 Å². The summed E-state index contributed by atoms with van der Waals surface area (Å²) in [5.41, 5.74) is 15.5. The van der Waals surface area contributed by atoms with Crippen LogP contribution in [0, 0.1) is 12.3 Å². The van der Waals surface area contributed by atoms with Crippen molar-refractivity contribution < 1.29 is 5.11 Å². The van der Waals surface area contributed by atoms with Crippen LogP contribution in [0.1, 0.15) is 50.9 Å². The molecule has 1 saturated heterocycles. The van der Waals surface area contributed by atoms with Gasteiger partial charge in [-0.25, -0.2) is 9.97 Å². The van der Waals surface area contributed by atoms with Gasteiger partial charge in [0.15, 0.2) is 5.82 Å². The average Bonchev–Trinajstić information content (AvgIpc) is 3.07. The smallest absolute Gasteiger partial charge is 0.153 e. The third kappa shape index (κ3) is 3.86. The van der Waals surface area contributed by atoms with Gasteiger partial charge in [0.05, 0.1) is 33.7 Å². The molecule has 1 aliphatic heterocycles. The lowest BCUT2D eigenvalue weighted by atomic mass is 9.74. The van der Waals surface area contributed by atoms with Crippen LogP contribution in [0.5, 0.6) is 0 Å². The predicted molar refractivity (Wildman–Crippen MR) is 125 cm³/mol. The van der Waals surface area contributed by atoms with E-state index in [1.165, 1.54) is 12.8 Å². The van der Waals surface area contributed by atoms with Crippen molar-refractivity contribution in [1.29, 1.82) is 0 Å². The molecule has 1 spiro atoms. The molecule has 1 aliphatic carbocycles. The maximum atomic E-state index is 10.00. The largest absolute Gasteiger partial charge is 0.397 e. The second kappa shape index (κ2) is 8.87. The minimum absolute atomic E-state index is 0. The van der Waals surface area contributed by atoms with Gasteiger partial charge in [0.2, 0.25) is 0 Å². The van der Waals surface area contributed by atoms with E-state index in [-0.39, 0.29) is 19.4 Å². The molecule has 2 fully saturated rings. The molecule has 6 nitrogen and oxygen atoms in total. The number of nitrogens with two attached hydrogens (primary N) is 2. The molecule has 164 valence electrons. The lowest BCUT2D eigenvalue weighted by Gasteiger charge is -2.42. The molecular formula is C22H31Cl2N5O. The monoisotopic (exact) mass is 451 g/mol. The van der Waals surface area contributed by atoms with Crippen molar-refractivity contribution in [3.63, 3.8) is 0 Å². The number of hydrogen-bond donors (Lipinski definition) is 3. The van der Waals surface area contributed by atoms with Crippen LogP contribution in [0.2, 0.25) is 10.0 Å². The molecule has 8 heteroatoms. The lowest BCUT2D eigenvalue weighted by Crippen LogP contribution is -2.47.